The Balaban J connectivity index is 1.58. The lowest BCUT2D eigenvalue weighted by molar-refractivity contribution is -0.0329. The van der Waals surface area contributed by atoms with Gasteiger partial charge >= 0.3 is 0 Å². The second kappa shape index (κ2) is 7.82. The first kappa shape index (κ1) is 16.3. The van der Waals surface area contributed by atoms with E-state index >= 15 is 0 Å². The normalized spacial score (nSPS) is 20.2. The molecule has 2 aromatic carbocycles. The molecule has 0 amide bonds. The van der Waals surface area contributed by atoms with E-state index in [1.165, 1.54) is 11.1 Å². The quantitative estimate of drug-likeness (QED) is 0.604. The van der Waals surface area contributed by atoms with Crippen LogP contribution >= 0.6 is 11.6 Å². The number of benzene rings is 2. The Bertz CT molecular complexity index is 601. The number of alkyl halides is 1. The summed E-state index contributed by atoms with van der Waals surface area (Å²) in [6.07, 6.45) is 0.0770. The van der Waals surface area contributed by atoms with Gasteiger partial charge in [0.05, 0.1) is 18.2 Å². The highest BCUT2D eigenvalue weighted by molar-refractivity contribution is 6.20. The second-order valence-corrected chi connectivity index (χ2v) is 6.40. The van der Waals surface area contributed by atoms with Crippen molar-refractivity contribution >= 4 is 11.6 Å². The summed E-state index contributed by atoms with van der Waals surface area (Å²) in [6, 6.07) is 18.3. The Labute approximate surface area is 142 Å². The molecule has 3 rings (SSSR count). The van der Waals surface area contributed by atoms with Crippen molar-refractivity contribution in [1.29, 1.82) is 0 Å². The van der Waals surface area contributed by atoms with Crippen LogP contribution in [0.1, 0.15) is 24.2 Å². The van der Waals surface area contributed by atoms with E-state index in [2.05, 4.69) is 29.2 Å². The lowest BCUT2D eigenvalue weighted by Crippen LogP contribution is -2.41. The van der Waals surface area contributed by atoms with Crippen LogP contribution in [-0.4, -0.2) is 30.1 Å². The third-order valence-corrected chi connectivity index (χ3v) is 4.38. The average Bonchev–Trinajstić information content (AvgIpc) is 2.61. The topological polar surface area (TPSA) is 21.7 Å². The van der Waals surface area contributed by atoms with E-state index in [-0.39, 0.29) is 11.6 Å². The summed E-state index contributed by atoms with van der Waals surface area (Å²) < 4.78 is 11.7. The van der Waals surface area contributed by atoms with E-state index in [9.17, 15) is 0 Å². The summed E-state index contributed by atoms with van der Waals surface area (Å²) in [5.74, 6) is 0.871. The minimum atomic E-state index is 0.0369. The smallest absolute Gasteiger partial charge is 0.119 e. The number of morpholine rings is 1. The fourth-order valence-corrected chi connectivity index (χ4v) is 2.89. The number of hydrogen-bond acceptors (Lipinski definition) is 3. The maximum Gasteiger partial charge on any atom is 0.119 e. The Morgan fingerprint density at radius 1 is 1.17 bits per heavy atom. The molecule has 4 heteroatoms. The van der Waals surface area contributed by atoms with Gasteiger partial charge in [0.2, 0.25) is 0 Å². The van der Waals surface area contributed by atoms with Crippen LogP contribution in [0.5, 0.6) is 5.75 Å². The van der Waals surface area contributed by atoms with E-state index in [4.69, 9.17) is 21.1 Å². The monoisotopic (exact) mass is 331 g/mol. The highest BCUT2D eigenvalue weighted by Crippen LogP contribution is 2.26. The zero-order chi connectivity index (χ0) is 16.1. The van der Waals surface area contributed by atoms with Crippen LogP contribution in [0.2, 0.25) is 0 Å². The van der Waals surface area contributed by atoms with Gasteiger partial charge in [-0.1, -0.05) is 42.5 Å². The SMILES string of the molecule is CC(Cl)N1CCO[C@H](c2ccc(OCc3ccccc3)cc2)C1. The van der Waals surface area contributed by atoms with Gasteiger partial charge in [0.1, 0.15) is 12.4 Å². The van der Waals surface area contributed by atoms with E-state index in [0.717, 1.165) is 18.8 Å². The van der Waals surface area contributed by atoms with Gasteiger partial charge in [-0.3, -0.25) is 4.90 Å². The van der Waals surface area contributed by atoms with Gasteiger partial charge in [0.15, 0.2) is 0 Å². The Morgan fingerprint density at radius 2 is 1.91 bits per heavy atom. The van der Waals surface area contributed by atoms with E-state index in [1.807, 2.05) is 37.3 Å². The molecule has 0 aliphatic carbocycles. The van der Waals surface area contributed by atoms with Crippen LogP contribution in [0.25, 0.3) is 0 Å². The third kappa shape index (κ3) is 4.47. The molecule has 1 saturated heterocycles. The summed E-state index contributed by atoms with van der Waals surface area (Å²) in [5, 5.41) is 0. The highest BCUT2D eigenvalue weighted by Gasteiger charge is 2.24. The first-order valence-electron chi connectivity index (χ1n) is 7.99. The molecule has 2 atom stereocenters. The Morgan fingerprint density at radius 3 is 2.61 bits per heavy atom. The highest BCUT2D eigenvalue weighted by atomic mass is 35.5. The van der Waals surface area contributed by atoms with Crippen molar-refractivity contribution in [3.63, 3.8) is 0 Å². The summed E-state index contributed by atoms with van der Waals surface area (Å²) in [4.78, 5) is 2.23. The zero-order valence-corrected chi connectivity index (χ0v) is 14.1. The number of hydrogen-bond donors (Lipinski definition) is 0. The van der Waals surface area contributed by atoms with E-state index in [1.54, 1.807) is 0 Å². The van der Waals surface area contributed by atoms with E-state index < -0.39 is 0 Å². The van der Waals surface area contributed by atoms with Crippen molar-refractivity contribution < 1.29 is 9.47 Å². The molecule has 0 bridgehead atoms. The fourth-order valence-electron chi connectivity index (χ4n) is 2.71. The van der Waals surface area contributed by atoms with Gasteiger partial charge in [0, 0.05) is 13.1 Å². The van der Waals surface area contributed by atoms with Gasteiger partial charge in [-0.25, -0.2) is 0 Å². The lowest BCUT2D eigenvalue weighted by Gasteiger charge is -2.34. The Kier molecular flexibility index (Phi) is 5.55. The first-order chi connectivity index (χ1) is 11.2. The molecule has 1 unspecified atom stereocenters. The van der Waals surface area contributed by atoms with Crippen LogP contribution in [0.4, 0.5) is 0 Å². The zero-order valence-electron chi connectivity index (χ0n) is 13.3. The first-order valence-corrected chi connectivity index (χ1v) is 8.42. The van der Waals surface area contributed by atoms with Crippen molar-refractivity contribution in [3.8, 4) is 5.75 Å². The molecule has 1 aliphatic rings. The largest absolute Gasteiger partial charge is 0.489 e. The van der Waals surface area contributed by atoms with Crippen LogP contribution in [0.15, 0.2) is 54.6 Å². The molecule has 122 valence electrons. The molecule has 3 nitrogen and oxygen atoms in total. The Hall–Kier alpha value is -1.55. The molecule has 0 saturated carbocycles. The molecule has 1 heterocycles. The molecule has 0 spiro atoms. The molecular weight excluding hydrogens is 310 g/mol. The van der Waals surface area contributed by atoms with Crippen molar-refractivity contribution in [3.05, 3.63) is 65.7 Å². The average molecular weight is 332 g/mol. The van der Waals surface area contributed by atoms with Crippen molar-refractivity contribution in [2.75, 3.05) is 19.7 Å². The molecule has 2 aromatic rings. The van der Waals surface area contributed by atoms with Gasteiger partial charge in [0.25, 0.3) is 0 Å². The predicted octanol–water partition coefficient (Wildman–Crippen LogP) is 4.22. The molecule has 23 heavy (non-hydrogen) atoms. The van der Waals surface area contributed by atoms with Crippen LogP contribution in [0, 0.1) is 0 Å². The van der Waals surface area contributed by atoms with Gasteiger partial charge < -0.3 is 9.47 Å². The molecule has 0 N–H and O–H groups in total. The number of nitrogens with zero attached hydrogens (tertiary/aromatic N) is 1. The fraction of sp³-hybridized carbons (Fsp3) is 0.368. The van der Waals surface area contributed by atoms with Crippen molar-refractivity contribution in [2.24, 2.45) is 0 Å². The van der Waals surface area contributed by atoms with Crippen LogP contribution in [-0.2, 0) is 11.3 Å². The molecular formula is C19H22ClNO2. The second-order valence-electron chi connectivity index (χ2n) is 5.77. The summed E-state index contributed by atoms with van der Waals surface area (Å²) >= 11 is 6.18. The van der Waals surface area contributed by atoms with Crippen molar-refractivity contribution in [1.82, 2.24) is 4.90 Å². The summed E-state index contributed by atoms with van der Waals surface area (Å²) in [5.41, 5.74) is 2.37. The third-order valence-electron chi connectivity index (χ3n) is 4.10. The minimum absolute atomic E-state index is 0.0369. The maximum atomic E-state index is 6.18. The minimum Gasteiger partial charge on any atom is -0.489 e. The standard InChI is InChI=1S/C19H22ClNO2/c1-15(20)21-11-12-22-19(13-21)17-7-9-18(10-8-17)23-14-16-5-3-2-4-6-16/h2-10,15,19H,11-14H2,1H3/t15?,19-/m0/s1. The molecule has 1 aliphatic heterocycles. The van der Waals surface area contributed by atoms with Crippen molar-refractivity contribution in [2.45, 2.75) is 25.1 Å². The van der Waals surface area contributed by atoms with Gasteiger partial charge in [-0.15, -0.1) is 11.6 Å². The summed E-state index contributed by atoms with van der Waals surface area (Å²) in [7, 11) is 0. The maximum absolute atomic E-state index is 6.18. The number of rotatable bonds is 5. The lowest BCUT2D eigenvalue weighted by atomic mass is 10.1. The molecule has 0 radical (unpaired) electrons. The van der Waals surface area contributed by atoms with Gasteiger partial charge in [-0.05, 0) is 30.2 Å². The predicted molar refractivity (Wildman–Crippen MR) is 92.8 cm³/mol. The van der Waals surface area contributed by atoms with E-state index in [0.29, 0.717) is 13.2 Å². The molecule has 0 aromatic heterocycles. The molecule has 1 fully saturated rings. The van der Waals surface area contributed by atoms with Gasteiger partial charge in [-0.2, -0.15) is 0 Å². The van der Waals surface area contributed by atoms with Crippen LogP contribution < -0.4 is 4.74 Å². The van der Waals surface area contributed by atoms with Crippen LogP contribution in [0.3, 0.4) is 0 Å². The summed E-state index contributed by atoms with van der Waals surface area (Å²) in [6.45, 7) is 5.02. The number of halogens is 1. The number of ether oxygens (including phenoxy) is 2.